The van der Waals surface area contributed by atoms with Crippen LogP contribution in [0.25, 0.3) is 0 Å². The smallest absolute Gasteiger partial charge is 0.169 e. The standard InChI is InChI=1S/C9H14N2O/c1-3-8(2)4-11-5-9(6-12)10-7-11/h5-8H,3-4H2,1-2H3. The molecule has 1 aromatic rings. The van der Waals surface area contributed by atoms with Crippen LogP contribution in [0, 0.1) is 5.92 Å². The summed E-state index contributed by atoms with van der Waals surface area (Å²) in [6, 6.07) is 0. The van der Waals surface area contributed by atoms with Gasteiger partial charge in [0.05, 0.1) is 6.33 Å². The Labute approximate surface area is 72.4 Å². The van der Waals surface area contributed by atoms with Gasteiger partial charge >= 0.3 is 0 Å². The van der Waals surface area contributed by atoms with Crippen molar-refractivity contribution in [3.63, 3.8) is 0 Å². The molecule has 0 radical (unpaired) electrons. The van der Waals surface area contributed by atoms with Gasteiger partial charge in [-0.1, -0.05) is 20.3 Å². The predicted molar refractivity (Wildman–Crippen MR) is 47.1 cm³/mol. The van der Waals surface area contributed by atoms with Crippen LogP contribution in [0.4, 0.5) is 0 Å². The molecule has 0 saturated carbocycles. The minimum atomic E-state index is 0.512. The lowest BCUT2D eigenvalue weighted by atomic mass is 10.1. The minimum Gasteiger partial charge on any atom is -0.336 e. The van der Waals surface area contributed by atoms with Gasteiger partial charge in [0.15, 0.2) is 6.29 Å². The molecule has 1 atom stereocenters. The number of nitrogens with zero attached hydrogens (tertiary/aromatic N) is 2. The van der Waals surface area contributed by atoms with Gasteiger partial charge in [0.1, 0.15) is 5.69 Å². The van der Waals surface area contributed by atoms with E-state index in [9.17, 15) is 4.79 Å². The van der Waals surface area contributed by atoms with E-state index in [1.807, 2.05) is 4.57 Å². The van der Waals surface area contributed by atoms with Crippen LogP contribution < -0.4 is 0 Å². The van der Waals surface area contributed by atoms with Gasteiger partial charge in [0.2, 0.25) is 0 Å². The number of rotatable bonds is 4. The van der Waals surface area contributed by atoms with Crippen LogP contribution in [-0.2, 0) is 6.54 Å². The molecule has 1 aromatic heterocycles. The quantitative estimate of drug-likeness (QED) is 0.638. The maximum Gasteiger partial charge on any atom is 0.169 e. The van der Waals surface area contributed by atoms with E-state index in [2.05, 4.69) is 18.8 Å². The predicted octanol–water partition coefficient (Wildman–Crippen LogP) is 1.74. The van der Waals surface area contributed by atoms with Crippen molar-refractivity contribution < 1.29 is 4.79 Å². The summed E-state index contributed by atoms with van der Waals surface area (Å²) in [5.41, 5.74) is 0.512. The molecule has 0 amide bonds. The van der Waals surface area contributed by atoms with Crippen LogP contribution in [0.1, 0.15) is 30.8 Å². The largest absolute Gasteiger partial charge is 0.336 e. The van der Waals surface area contributed by atoms with E-state index < -0.39 is 0 Å². The fourth-order valence-corrected chi connectivity index (χ4v) is 1.03. The van der Waals surface area contributed by atoms with Gasteiger partial charge in [-0.15, -0.1) is 0 Å². The SMILES string of the molecule is CCC(C)Cn1cnc(C=O)c1. The summed E-state index contributed by atoms with van der Waals surface area (Å²) in [6.45, 7) is 5.28. The highest BCUT2D eigenvalue weighted by atomic mass is 16.1. The molecule has 0 fully saturated rings. The zero-order valence-corrected chi connectivity index (χ0v) is 7.53. The highest BCUT2D eigenvalue weighted by Gasteiger charge is 2.01. The van der Waals surface area contributed by atoms with Crippen molar-refractivity contribution in [1.82, 2.24) is 9.55 Å². The number of aromatic nitrogens is 2. The molecule has 1 unspecified atom stereocenters. The Balaban J connectivity index is 2.57. The second-order valence-corrected chi connectivity index (χ2v) is 3.13. The summed E-state index contributed by atoms with van der Waals surface area (Å²) in [4.78, 5) is 14.2. The molecule has 3 nitrogen and oxygen atoms in total. The maximum absolute atomic E-state index is 10.3. The lowest BCUT2D eigenvalue weighted by Gasteiger charge is -2.07. The first-order valence-electron chi connectivity index (χ1n) is 4.23. The third-order valence-corrected chi connectivity index (χ3v) is 1.99. The third kappa shape index (κ3) is 2.19. The van der Waals surface area contributed by atoms with E-state index in [0.717, 1.165) is 19.3 Å². The van der Waals surface area contributed by atoms with E-state index in [1.165, 1.54) is 0 Å². The molecule has 0 aromatic carbocycles. The lowest BCUT2D eigenvalue weighted by molar-refractivity contribution is 0.111. The van der Waals surface area contributed by atoms with Crippen LogP contribution in [0.2, 0.25) is 0 Å². The number of hydrogen-bond acceptors (Lipinski definition) is 2. The Morgan fingerprint density at radius 2 is 2.50 bits per heavy atom. The number of hydrogen-bond donors (Lipinski definition) is 0. The van der Waals surface area contributed by atoms with Crippen molar-refractivity contribution in [1.29, 1.82) is 0 Å². The maximum atomic E-state index is 10.3. The summed E-state index contributed by atoms with van der Waals surface area (Å²) in [5, 5.41) is 0. The molecule has 66 valence electrons. The fourth-order valence-electron chi connectivity index (χ4n) is 1.03. The Morgan fingerprint density at radius 3 is 3.00 bits per heavy atom. The molecule has 0 aliphatic heterocycles. The molecule has 3 heteroatoms. The molecule has 1 heterocycles. The van der Waals surface area contributed by atoms with Gasteiger partial charge in [-0.2, -0.15) is 0 Å². The van der Waals surface area contributed by atoms with E-state index in [4.69, 9.17) is 0 Å². The Bertz CT molecular complexity index is 255. The summed E-state index contributed by atoms with van der Waals surface area (Å²) < 4.78 is 1.96. The average molecular weight is 166 g/mol. The van der Waals surface area contributed by atoms with Gasteiger partial charge in [0.25, 0.3) is 0 Å². The fraction of sp³-hybridized carbons (Fsp3) is 0.556. The third-order valence-electron chi connectivity index (χ3n) is 1.99. The first kappa shape index (κ1) is 8.97. The van der Waals surface area contributed by atoms with Crippen molar-refractivity contribution in [2.75, 3.05) is 0 Å². The van der Waals surface area contributed by atoms with E-state index in [-0.39, 0.29) is 0 Å². The van der Waals surface area contributed by atoms with Gasteiger partial charge in [-0.3, -0.25) is 4.79 Å². The molecular weight excluding hydrogens is 152 g/mol. The number of imidazole rings is 1. The molecule has 0 spiro atoms. The summed E-state index contributed by atoms with van der Waals surface area (Å²) in [5.74, 6) is 0.638. The highest BCUT2D eigenvalue weighted by Crippen LogP contribution is 2.04. The van der Waals surface area contributed by atoms with Crippen molar-refractivity contribution in [3.8, 4) is 0 Å². The average Bonchev–Trinajstić information content (AvgIpc) is 2.52. The zero-order valence-electron chi connectivity index (χ0n) is 7.53. The first-order chi connectivity index (χ1) is 5.76. The van der Waals surface area contributed by atoms with Crippen LogP contribution in [0.5, 0.6) is 0 Å². The zero-order chi connectivity index (χ0) is 8.97. The van der Waals surface area contributed by atoms with Gasteiger partial charge in [0, 0.05) is 12.7 Å². The lowest BCUT2D eigenvalue weighted by Crippen LogP contribution is -2.04. The van der Waals surface area contributed by atoms with E-state index in [0.29, 0.717) is 11.6 Å². The topological polar surface area (TPSA) is 34.9 Å². The van der Waals surface area contributed by atoms with Crippen molar-refractivity contribution in [2.24, 2.45) is 5.92 Å². The molecule has 12 heavy (non-hydrogen) atoms. The van der Waals surface area contributed by atoms with Gasteiger partial charge in [-0.25, -0.2) is 4.98 Å². The van der Waals surface area contributed by atoms with Crippen LogP contribution in [-0.4, -0.2) is 15.8 Å². The highest BCUT2D eigenvalue weighted by molar-refractivity contribution is 5.70. The van der Waals surface area contributed by atoms with Crippen molar-refractivity contribution >= 4 is 6.29 Å². The molecule has 0 N–H and O–H groups in total. The Morgan fingerprint density at radius 1 is 1.75 bits per heavy atom. The molecule has 0 aliphatic rings. The van der Waals surface area contributed by atoms with Crippen molar-refractivity contribution in [3.05, 3.63) is 18.2 Å². The Hall–Kier alpha value is -1.12. The molecule has 1 rings (SSSR count). The van der Waals surface area contributed by atoms with Gasteiger partial charge in [-0.05, 0) is 5.92 Å². The monoisotopic (exact) mass is 166 g/mol. The molecular formula is C9H14N2O. The first-order valence-corrected chi connectivity index (χ1v) is 4.23. The summed E-state index contributed by atoms with van der Waals surface area (Å²) in [7, 11) is 0. The molecule has 0 saturated heterocycles. The molecule has 0 bridgehead atoms. The van der Waals surface area contributed by atoms with E-state index in [1.54, 1.807) is 12.5 Å². The Kier molecular flexibility index (Phi) is 3.02. The minimum absolute atomic E-state index is 0.512. The van der Waals surface area contributed by atoms with Crippen molar-refractivity contribution in [2.45, 2.75) is 26.8 Å². The van der Waals surface area contributed by atoms with Crippen LogP contribution >= 0.6 is 0 Å². The van der Waals surface area contributed by atoms with Crippen LogP contribution in [0.3, 0.4) is 0 Å². The number of carbonyl (C=O) groups excluding carboxylic acids is 1. The summed E-state index contributed by atoms with van der Waals surface area (Å²) >= 11 is 0. The number of aldehydes is 1. The second kappa shape index (κ2) is 4.04. The second-order valence-electron chi connectivity index (χ2n) is 3.13. The normalized spacial score (nSPS) is 12.8. The van der Waals surface area contributed by atoms with Gasteiger partial charge < -0.3 is 4.57 Å². The summed E-state index contributed by atoms with van der Waals surface area (Å²) in [6.07, 6.45) is 5.40. The van der Waals surface area contributed by atoms with Crippen LogP contribution in [0.15, 0.2) is 12.5 Å². The van der Waals surface area contributed by atoms with E-state index >= 15 is 0 Å². The number of carbonyl (C=O) groups is 1. The molecule has 0 aliphatic carbocycles.